The lowest BCUT2D eigenvalue weighted by Crippen LogP contribution is -2.58. The number of carboxylic acid groups (broad SMARTS) is 1. The van der Waals surface area contributed by atoms with Crippen LogP contribution in [0.5, 0.6) is 0 Å². The molecule has 37 heavy (non-hydrogen) atoms. The maximum Gasteiger partial charge on any atom is 0.327 e. The molecule has 0 fully saturated rings. The fourth-order valence-corrected chi connectivity index (χ4v) is 4.15. The van der Waals surface area contributed by atoms with Gasteiger partial charge in [-0.15, -0.1) is 0 Å². The first kappa shape index (κ1) is 30.1. The fourth-order valence-electron chi connectivity index (χ4n) is 3.91. The summed E-state index contributed by atoms with van der Waals surface area (Å²) in [6.07, 6.45) is 3.51. The number of fused-ring (bicyclic) bond motifs is 1. The summed E-state index contributed by atoms with van der Waals surface area (Å²) in [7, 11) is 0. The average Bonchev–Trinajstić information content (AvgIpc) is 3.27. The number of carbonyl (C=O) groups is 4. The number of rotatable bonds is 15. The quantitative estimate of drug-likeness (QED) is 0.119. The smallest absolute Gasteiger partial charge is 0.327 e. The lowest BCUT2D eigenvalue weighted by Gasteiger charge is -2.27. The highest BCUT2D eigenvalue weighted by atomic mass is 32.1. The molecule has 4 atom stereocenters. The van der Waals surface area contributed by atoms with E-state index in [-0.39, 0.29) is 24.5 Å². The molecule has 9 N–H and O–H groups in total. The number of hydrogen-bond donors (Lipinski definition) is 8. The summed E-state index contributed by atoms with van der Waals surface area (Å²) in [5.41, 5.74) is 13.6. The van der Waals surface area contributed by atoms with E-state index in [4.69, 9.17) is 11.5 Å². The zero-order chi connectivity index (χ0) is 27.5. The molecule has 0 saturated heterocycles. The first-order chi connectivity index (χ1) is 17.6. The van der Waals surface area contributed by atoms with Gasteiger partial charge in [-0.2, -0.15) is 12.6 Å². The van der Waals surface area contributed by atoms with Crippen LogP contribution < -0.4 is 27.4 Å². The second-order valence-electron chi connectivity index (χ2n) is 9.33. The summed E-state index contributed by atoms with van der Waals surface area (Å²) in [6.45, 7) is 3.94. The number of aromatic amines is 1. The third-order valence-corrected chi connectivity index (χ3v) is 6.44. The van der Waals surface area contributed by atoms with E-state index < -0.39 is 47.9 Å². The van der Waals surface area contributed by atoms with Gasteiger partial charge in [0.15, 0.2) is 0 Å². The number of carbonyl (C=O) groups excluding carboxylic acids is 3. The van der Waals surface area contributed by atoms with Crippen molar-refractivity contribution in [2.75, 3.05) is 12.3 Å². The molecule has 1 aromatic carbocycles. The molecule has 1 aromatic heterocycles. The van der Waals surface area contributed by atoms with Gasteiger partial charge in [-0.25, -0.2) is 4.79 Å². The van der Waals surface area contributed by atoms with Crippen LogP contribution in [0.3, 0.4) is 0 Å². The van der Waals surface area contributed by atoms with Crippen LogP contribution in [0.15, 0.2) is 30.5 Å². The molecule has 2 aromatic rings. The Kier molecular flexibility index (Phi) is 11.9. The fraction of sp³-hybridized carbons (Fsp3) is 0.520. The van der Waals surface area contributed by atoms with Gasteiger partial charge in [0.2, 0.25) is 17.7 Å². The Morgan fingerprint density at radius 3 is 2.30 bits per heavy atom. The molecule has 3 amide bonds. The number of thiol groups is 1. The highest BCUT2D eigenvalue weighted by molar-refractivity contribution is 7.80. The Balaban J connectivity index is 2.08. The topological polar surface area (TPSA) is 192 Å². The van der Waals surface area contributed by atoms with Gasteiger partial charge in [-0.3, -0.25) is 14.4 Å². The third kappa shape index (κ3) is 8.76. The predicted octanol–water partition coefficient (Wildman–Crippen LogP) is 0.292. The Morgan fingerprint density at radius 2 is 1.68 bits per heavy atom. The van der Waals surface area contributed by atoms with Crippen molar-refractivity contribution in [3.05, 3.63) is 36.0 Å². The van der Waals surface area contributed by atoms with E-state index in [0.29, 0.717) is 19.4 Å². The highest BCUT2D eigenvalue weighted by Crippen LogP contribution is 2.19. The minimum atomic E-state index is -1.23. The standard InChI is InChI=1S/C25H38N6O5S/c1-14(2)21(31-22(32)17(27)11-15-12-28-18-8-4-3-7-16(15)18)24(34)29-19(9-5-6-10-26)23(33)30-20(13-37)25(35)36/h3-4,7-8,12,14,17,19-21,28,37H,5-6,9-11,13,26-27H2,1-2H3,(H,29,34)(H,30,33)(H,31,32)(H,35,36). The molecule has 0 aliphatic heterocycles. The van der Waals surface area contributed by atoms with Gasteiger partial charge in [0.25, 0.3) is 0 Å². The van der Waals surface area contributed by atoms with Crippen LogP contribution in [0, 0.1) is 5.92 Å². The van der Waals surface area contributed by atoms with E-state index in [2.05, 4.69) is 33.6 Å². The third-order valence-electron chi connectivity index (χ3n) is 6.08. The molecule has 0 aliphatic carbocycles. The van der Waals surface area contributed by atoms with Crippen molar-refractivity contribution >= 4 is 47.2 Å². The van der Waals surface area contributed by atoms with Crippen LogP contribution in [0.2, 0.25) is 0 Å². The average molecular weight is 535 g/mol. The molecular formula is C25H38N6O5S. The van der Waals surface area contributed by atoms with E-state index in [1.54, 1.807) is 13.8 Å². The number of nitrogens with two attached hydrogens (primary N) is 2. The first-order valence-corrected chi connectivity index (χ1v) is 13.0. The van der Waals surface area contributed by atoms with Crippen LogP contribution in [0.25, 0.3) is 10.9 Å². The number of aromatic nitrogens is 1. The number of nitrogens with one attached hydrogen (secondary N) is 4. The summed E-state index contributed by atoms with van der Waals surface area (Å²) >= 11 is 3.96. The Bertz CT molecular complexity index is 1070. The lowest BCUT2D eigenvalue weighted by molar-refractivity contribution is -0.141. The Hall–Kier alpha value is -3.09. The summed E-state index contributed by atoms with van der Waals surface area (Å²) in [4.78, 5) is 53.3. The zero-order valence-electron chi connectivity index (χ0n) is 21.2. The molecule has 11 nitrogen and oxygen atoms in total. The number of H-pyrrole nitrogens is 1. The summed E-state index contributed by atoms with van der Waals surface area (Å²) in [5, 5.41) is 18.0. The van der Waals surface area contributed by atoms with Crippen molar-refractivity contribution in [3.8, 4) is 0 Å². The largest absolute Gasteiger partial charge is 0.480 e. The number of aliphatic carboxylic acids is 1. The molecule has 0 saturated carbocycles. The molecule has 0 spiro atoms. The maximum atomic E-state index is 13.2. The monoisotopic (exact) mass is 534 g/mol. The van der Waals surface area contributed by atoms with Gasteiger partial charge in [0.1, 0.15) is 18.1 Å². The number of carboxylic acids is 1. The first-order valence-electron chi connectivity index (χ1n) is 12.3. The van der Waals surface area contributed by atoms with E-state index in [1.807, 2.05) is 30.5 Å². The van der Waals surface area contributed by atoms with Gasteiger partial charge in [0, 0.05) is 22.9 Å². The van der Waals surface area contributed by atoms with Gasteiger partial charge < -0.3 is 37.5 Å². The van der Waals surface area contributed by atoms with Crippen molar-refractivity contribution in [1.29, 1.82) is 0 Å². The second-order valence-corrected chi connectivity index (χ2v) is 9.69. The highest BCUT2D eigenvalue weighted by Gasteiger charge is 2.31. The normalized spacial score (nSPS) is 14.5. The van der Waals surface area contributed by atoms with Crippen molar-refractivity contribution in [1.82, 2.24) is 20.9 Å². The van der Waals surface area contributed by atoms with Gasteiger partial charge in [-0.05, 0) is 49.8 Å². The Morgan fingerprint density at radius 1 is 1.00 bits per heavy atom. The van der Waals surface area contributed by atoms with Crippen LogP contribution in [-0.2, 0) is 25.6 Å². The molecule has 12 heteroatoms. The van der Waals surface area contributed by atoms with E-state index in [1.165, 1.54) is 0 Å². The van der Waals surface area contributed by atoms with Gasteiger partial charge in [0.05, 0.1) is 6.04 Å². The molecule has 0 radical (unpaired) electrons. The number of benzene rings is 1. The molecule has 2 rings (SSSR count). The number of para-hydroxylation sites is 1. The predicted molar refractivity (Wildman–Crippen MR) is 145 cm³/mol. The van der Waals surface area contributed by atoms with Crippen molar-refractivity contribution < 1.29 is 24.3 Å². The lowest BCUT2D eigenvalue weighted by atomic mass is 10.00. The second kappa shape index (κ2) is 14.6. The van der Waals surface area contributed by atoms with Crippen molar-refractivity contribution in [2.45, 2.75) is 63.7 Å². The summed E-state index contributed by atoms with van der Waals surface area (Å²) in [5.74, 6) is -3.34. The molecule has 0 bridgehead atoms. The van der Waals surface area contributed by atoms with Crippen LogP contribution in [0.4, 0.5) is 0 Å². The summed E-state index contributed by atoms with van der Waals surface area (Å²) in [6, 6.07) is 3.62. The van der Waals surface area contributed by atoms with Crippen molar-refractivity contribution in [2.24, 2.45) is 17.4 Å². The van der Waals surface area contributed by atoms with Crippen molar-refractivity contribution in [3.63, 3.8) is 0 Å². The molecule has 204 valence electrons. The molecule has 0 aliphatic rings. The molecule has 1 heterocycles. The van der Waals surface area contributed by atoms with Crippen LogP contribution >= 0.6 is 12.6 Å². The van der Waals surface area contributed by atoms with E-state index in [9.17, 15) is 24.3 Å². The van der Waals surface area contributed by atoms with E-state index in [0.717, 1.165) is 16.5 Å². The van der Waals surface area contributed by atoms with Gasteiger partial charge in [-0.1, -0.05) is 32.0 Å². The minimum Gasteiger partial charge on any atom is -0.480 e. The molecular weight excluding hydrogens is 496 g/mol. The summed E-state index contributed by atoms with van der Waals surface area (Å²) < 4.78 is 0. The minimum absolute atomic E-state index is 0.108. The van der Waals surface area contributed by atoms with Crippen LogP contribution in [-0.4, -0.2) is 70.2 Å². The number of amides is 3. The van der Waals surface area contributed by atoms with Gasteiger partial charge >= 0.3 is 5.97 Å². The van der Waals surface area contributed by atoms with Crippen LogP contribution in [0.1, 0.15) is 38.7 Å². The maximum absolute atomic E-state index is 13.2. The van der Waals surface area contributed by atoms with E-state index >= 15 is 0 Å². The molecule has 4 unspecified atom stereocenters. The SMILES string of the molecule is CC(C)C(NC(=O)C(N)Cc1c[nH]c2ccccc12)C(=O)NC(CCCCN)C(=O)NC(CS)C(=O)O. The number of unbranched alkanes of at least 4 members (excludes halogenated alkanes) is 1. The Labute approximate surface area is 221 Å². The zero-order valence-corrected chi connectivity index (χ0v) is 22.1. The number of hydrogen-bond acceptors (Lipinski definition) is 7.